The molecule has 0 saturated carbocycles. The molecule has 1 atom stereocenters. The quantitative estimate of drug-likeness (QED) is 0.688. The maximum atomic E-state index is 12.2. The Balaban J connectivity index is 1.74. The van der Waals surface area contributed by atoms with Crippen molar-refractivity contribution in [1.82, 2.24) is 5.32 Å². The Bertz CT molecular complexity index is 801. The van der Waals surface area contributed by atoms with E-state index < -0.39 is 18.0 Å². The summed E-state index contributed by atoms with van der Waals surface area (Å²) in [7, 11) is 0. The number of nitrogens with one attached hydrogen (secondary N) is 2. The minimum atomic E-state index is -0.969. The Kier molecular flexibility index (Phi) is 7.75. The Morgan fingerprint density at radius 1 is 0.929 bits per heavy atom. The fraction of sp³-hybridized carbons (Fsp3) is 0.318. The van der Waals surface area contributed by atoms with Crippen LogP contribution in [0, 0.1) is 0 Å². The van der Waals surface area contributed by atoms with Gasteiger partial charge < -0.3 is 15.4 Å². The maximum absolute atomic E-state index is 12.2. The molecule has 0 aliphatic carbocycles. The van der Waals surface area contributed by atoms with Gasteiger partial charge in [0.15, 0.2) is 6.10 Å². The lowest BCUT2D eigenvalue weighted by Crippen LogP contribution is -2.36. The zero-order chi connectivity index (χ0) is 20.5. The first kappa shape index (κ1) is 21.2. The first-order valence-corrected chi connectivity index (χ1v) is 9.26. The Labute approximate surface area is 165 Å². The highest BCUT2D eigenvalue weighted by molar-refractivity contribution is 5.95. The van der Waals surface area contributed by atoms with Gasteiger partial charge in [0.2, 0.25) is 5.91 Å². The molecule has 0 bridgehead atoms. The second-order valence-corrected chi connectivity index (χ2v) is 6.84. The maximum Gasteiger partial charge on any atom is 0.326 e. The molecule has 2 N–H and O–H groups in total. The standard InChI is InChI=1S/C22H26N2O4/c1-15(2)18-9-11-19(12-10-18)24-22(27)16(3)28-21(26)14-23-20(25)13-17-7-5-4-6-8-17/h4-12,15-16H,13-14H2,1-3H3,(H,23,25)(H,24,27)/t16-/m0/s1. The van der Waals surface area contributed by atoms with Gasteiger partial charge in [0.05, 0.1) is 6.42 Å². The highest BCUT2D eigenvalue weighted by Crippen LogP contribution is 2.17. The molecule has 148 valence electrons. The van der Waals surface area contributed by atoms with Gasteiger partial charge in [0, 0.05) is 5.69 Å². The number of benzene rings is 2. The van der Waals surface area contributed by atoms with E-state index in [1.165, 1.54) is 12.5 Å². The van der Waals surface area contributed by atoms with Crippen LogP contribution in [-0.4, -0.2) is 30.4 Å². The summed E-state index contributed by atoms with van der Waals surface area (Å²) in [5.41, 5.74) is 2.65. The monoisotopic (exact) mass is 382 g/mol. The minimum absolute atomic E-state index is 0.177. The zero-order valence-corrected chi connectivity index (χ0v) is 16.4. The van der Waals surface area contributed by atoms with E-state index in [1.807, 2.05) is 54.6 Å². The summed E-state index contributed by atoms with van der Waals surface area (Å²) in [5.74, 6) is -0.979. The van der Waals surface area contributed by atoms with E-state index in [-0.39, 0.29) is 18.9 Å². The number of anilines is 1. The van der Waals surface area contributed by atoms with Gasteiger partial charge in [-0.05, 0) is 36.1 Å². The highest BCUT2D eigenvalue weighted by Gasteiger charge is 2.18. The van der Waals surface area contributed by atoms with E-state index in [0.717, 1.165) is 5.56 Å². The molecule has 2 aromatic rings. The SMILES string of the molecule is CC(C)c1ccc(NC(=O)[C@H](C)OC(=O)CNC(=O)Cc2ccccc2)cc1. The van der Waals surface area contributed by atoms with E-state index in [2.05, 4.69) is 24.5 Å². The van der Waals surface area contributed by atoms with Gasteiger partial charge >= 0.3 is 5.97 Å². The number of hydrogen-bond donors (Lipinski definition) is 2. The van der Waals surface area contributed by atoms with Crippen molar-refractivity contribution in [2.24, 2.45) is 0 Å². The van der Waals surface area contributed by atoms with E-state index in [9.17, 15) is 14.4 Å². The van der Waals surface area contributed by atoms with Crippen molar-refractivity contribution in [2.75, 3.05) is 11.9 Å². The number of hydrogen-bond acceptors (Lipinski definition) is 4. The summed E-state index contributed by atoms with van der Waals surface area (Å²) in [5, 5.41) is 5.20. The molecule has 0 heterocycles. The van der Waals surface area contributed by atoms with Crippen molar-refractivity contribution < 1.29 is 19.1 Å². The van der Waals surface area contributed by atoms with Crippen LogP contribution >= 0.6 is 0 Å². The van der Waals surface area contributed by atoms with Gasteiger partial charge in [0.1, 0.15) is 6.54 Å². The van der Waals surface area contributed by atoms with Crippen LogP contribution in [0.2, 0.25) is 0 Å². The summed E-state index contributed by atoms with van der Waals surface area (Å²) in [6.07, 6.45) is -0.792. The number of carbonyl (C=O) groups excluding carboxylic acids is 3. The van der Waals surface area contributed by atoms with Gasteiger partial charge in [-0.15, -0.1) is 0 Å². The largest absolute Gasteiger partial charge is 0.451 e. The van der Waals surface area contributed by atoms with Crippen LogP contribution in [0.15, 0.2) is 54.6 Å². The van der Waals surface area contributed by atoms with Gasteiger partial charge in [-0.2, -0.15) is 0 Å². The molecule has 2 aromatic carbocycles. The molecule has 0 fully saturated rings. The second kappa shape index (κ2) is 10.3. The summed E-state index contributed by atoms with van der Waals surface area (Å²) < 4.78 is 5.08. The van der Waals surface area contributed by atoms with Crippen LogP contribution in [-0.2, 0) is 25.5 Å². The predicted molar refractivity (Wildman–Crippen MR) is 108 cm³/mol. The molecule has 0 aromatic heterocycles. The van der Waals surface area contributed by atoms with E-state index in [4.69, 9.17) is 4.74 Å². The summed E-state index contributed by atoms with van der Waals surface area (Å²) >= 11 is 0. The van der Waals surface area contributed by atoms with Crippen molar-refractivity contribution in [1.29, 1.82) is 0 Å². The van der Waals surface area contributed by atoms with Crippen molar-refractivity contribution >= 4 is 23.5 Å². The van der Waals surface area contributed by atoms with Crippen LogP contribution in [0.5, 0.6) is 0 Å². The number of rotatable bonds is 8. The molecule has 0 radical (unpaired) electrons. The van der Waals surface area contributed by atoms with E-state index in [1.54, 1.807) is 0 Å². The lowest BCUT2D eigenvalue weighted by molar-refractivity contribution is -0.152. The summed E-state index contributed by atoms with van der Waals surface area (Å²) in [6.45, 7) is 5.38. The van der Waals surface area contributed by atoms with Crippen LogP contribution in [0.1, 0.15) is 37.8 Å². The van der Waals surface area contributed by atoms with E-state index >= 15 is 0 Å². The number of esters is 1. The molecule has 0 spiro atoms. The zero-order valence-electron chi connectivity index (χ0n) is 16.4. The molecule has 0 aliphatic rings. The summed E-state index contributed by atoms with van der Waals surface area (Å²) in [6, 6.07) is 16.7. The summed E-state index contributed by atoms with van der Waals surface area (Å²) in [4.78, 5) is 35.9. The molecule has 2 amide bonds. The molecular formula is C22H26N2O4. The lowest BCUT2D eigenvalue weighted by atomic mass is 10.0. The average molecular weight is 382 g/mol. The highest BCUT2D eigenvalue weighted by atomic mass is 16.5. The normalized spacial score (nSPS) is 11.6. The topological polar surface area (TPSA) is 84.5 Å². The van der Waals surface area contributed by atoms with Crippen molar-refractivity contribution in [3.05, 3.63) is 65.7 Å². The first-order chi connectivity index (χ1) is 13.3. The lowest BCUT2D eigenvalue weighted by Gasteiger charge is -2.14. The van der Waals surface area contributed by atoms with Crippen LogP contribution in [0.25, 0.3) is 0 Å². The fourth-order valence-electron chi connectivity index (χ4n) is 2.50. The average Bonchev–Trinajstić information content (AvgIpc) is 2.67. The molecule has 6 nitrogen and oxygen atoms in total. The Morgan fingerprint density at radius 3 is 2.18 bits per heavy atom. The van der Waals surface area contributed by atoms with E-state index in [0.29, 0.717) is 11.6 Å². The third-order valence-electron chi connectivity index (χ3n) is 4.16. The fourth-order valence-corrected chi connectivity index (χ4v) is 2.50. The van der Waals surface area contributed by atoms with Crippen LogP contribution < -0.4 is 10.6 Å². The number of amides is 2. The van der Waals surface area contributed by atoms with Gasteiger partial charge in [-0.3, -0.25) is 14.4 Å². The smallest absolute Gasteiger partial charge is 0.326 e. The van der Waals surface area contributed by atoms with Crippen LogP contribution in [0.3, 0.4) is 0 Å². The van der Waals surface area contributed by atoms with Crippen LogP contribution in [0.4, 0.5) is 5.69 Å². The first-order valence-electron chi connectivity index (χ1n) is 9.26. The predicted octanol–water partition coefficient (Wildman–Crippen LogP) is 3.04. The van der Waals surface area contributed by atoms with Gasteiger partial charge in [0.25, 0.3) is 5.91 Å². The van der Waals surface area contributed by atoms with Crippen molar-refractivity contribution in [2.45, 2.75) is 39.2 Å². The molecule has 6 heteroatoms. The van der Waals surface area contributed by atoms with Crippen molar-refractivity contribution in [3.8, 4) is 0 Å². The van der Waals surface area contributed by atoms with Gasteiger partial charge in [-0.25, -0.2) is 0 Å². The third-order valence-corrected chi connectivity index (χ3v) is 4.16. The number of ether oxygens (including phenoxy) is 1. The molecule has 2 rings (SSSR count). The molecule has 28 heavy (non-hydrogen) atoms. The van der Waals surface area contributed by atoms with Crippen molar-refractivity contribution in [3.63, 3.8) is 0 Å². The minimum Gasteiger partial charge on any atom is -0.451 e. The second-order valence-electron chi connectivity index (χ2n) is 6.84. The Hall–Kier alpha value is -3.15. The number of carbonyl (C=O) groups is 3. The molecule has 0 saturated heterocycles. The molecular weight excluding hydrogens is 356 g/mol. The molecule has 0 aliphatic heterocycles. The third kappa shape index (κ3) is 6.87. The Morgan fingerprint density at radius 2 is 1.57 bits per heavy atom. The molecule has 0 unspecified atom stereocenters. The van der Waals surface area contributed by atoms with Gasteiger partial charge in [-0.1, -0.05) is 56.3 Å².